The van der Waals surface area contributed by atoms with Crippen LogP contribution in [0.25, 0.3) is 0 Å². The summed E-state index contributed by atoms with van der Waals surface area (Å²) in [5, 5.41) is 2.60. The van der Waals surface area contributed by atoms with Crippen molar-refractivity contribution in [2.45, 2.75) is 17.6 Å². The summed E-state index contributed by atoms with van der Waals surface area (Å²) in [6.07, 6.45) is 0. The van der Waals surface area contributed by atoms with Gasteiger partial charge in [-0.1, -0.05) is 34.1 Å². The fraction of sp³-hybridized carbons (Fsp3) is 0.235. The van der Waals surface area contributed by atoms with E-state index in [0.717, 1.165) is 10.2 Å². The molecule has 2 N–H and O–H groups in total. The number of amides is 1. The topological polar surface area (TPSA) is 75.3 Å². The highest BCUT2D eigenvalue weighted by atomic mass is 79.9. The SMILES string of the molecule is CC(=O)Nc1ccc(S(=O)(=O)NCCSCc2ccccc2Br)cc1. The Morgan fingerprint density at radius 3 is 2.44 bits per heavy atom. The van der Waals surface area contributed by atoms with Crippen molar-refractivity contribution in [1.82, 2.24) is 4.72 Å². The third-order valence-corrected chi connectivity index (χ3v) is 6.50. The third-order valence-electron chi connectivity index (χ3n) is 3.24. The first kappa shape index (κ1) is 20.0. The van der Waals surface area contributed by atoms with E-state index in [4.69, 9.17) is 0 Å². The summed E-state index contributed by atoms with van der Waals surface area (Å²) >= 11 is 5.16. The Balaban J connectivity index is 1.81. The van der Waals surface area contributed by atoms with Crippen molar-refractivity contribution in [1.29, 1.82) is 0 Å². The quantitative estimate of drug-likeness (QED) is 0.612. The molecule has 134 valence electrons. The summed E-state index contributed by atoms with van der Waals surface area (Å²) < 4.78 is 28.1. The van der Waals surface area contributed by atoms with Crippen LogP contribution in [0.3, 0.4) is 0 Å². The minimum atomic E-state index is -3.54. The average Bonchev–Trinajstić information content (AvgIpc) is 2.56. The summed E-state index contributed by atoms with van der Waals surface area (Å²) in [5.41, 5.74) is 1.75. The molecular formula is C17H19BrN2O3S2. The number of carbonyl (C=O) groups excluding carboxylic acids is 1. The van der Waals surface area contributed by atoms with Gasteiger partial charge in [0.25, 0.3) is 0 Å². The Bertz CT molecular complexity index is 824. The zero-order chi connectivity index (χ0) is 18.3. The predicted octanol–water partition coefficient (Wildman–Crippen LogP) is 3.62. The lowest BCUT2D eigenvalue weighted by Gasteiger charge is -2.08. The van der Waals surface area contributed by atoms with Crippen LogP contribution in [-0.2, 0) is 20.6 Å². The van der Waals surface area contributed by atoms with Crippen LogP contribution in [0.2, 0.25) is 0 Å². The number of hydrogen-bond acceptors (Lipinski definition) is 4. The maximum absolute atomic E-state index is 12.2. The Labute approximate surface area is 160 Å². The fourth-order valence-corrected chi connectivity index (χ4v) is 4.68. The molecule has 1 amide bonds. The van der Waals surface area contributed by atoms with Gasteiger partial charge in [0, 0.05) is 35.1 Å². The summed E-state index contributed by atoms with van der Waals surface area (Å²) in [4.78, 5) is 11.2. The van der Waals surface area contributed by atoms with Crippen LogP contribution < -0.4 is 10.0 Å². The van der Waals surface area contributed by atoms with Crippen molar-refractivity contribution in [3.05, 3.63) is 58.6 Å². The molecule has 0 aliphatic carbocycles. The number of anilines is 1. The normalized spacial score (nSPS) is 11.3. The molecule has 0 atom stereocenters. The van der Waals surface area contributed by atoms with Crippen molar-refractivity contribution in [3.63, 3.8) is 0 Å². The van der Waals surface area contributed by atoms with Crippen molar-refractivity contribution >= 4 is 49.3 Å². The number of nitrogens with one attached hydrogen (secondary N) is 2. The van der Waals surface area contributed by atoms with E-state index in [-0.39, 0.29) is 10.8 Å². The number of halogens is 1. The van der Waals surface area contributed by atoms with Gasteiger partial charge in [0.1, 0.15) is 0 Å². The number of rotatable bonds is 8. The first-order valence-electron chi connectivity index (χ1n) is 7.57. The largest absolute Gasteiger partial charge is 0.326 e. The van der Waals surface area contributed by atoms with Crippen molar-refractivity contribution in [2.24, 2.45) is 0 Å². The van der Waals surface area contributed by atoms with E-state index in [0.29, 0.717) is 18.0 Å². The second kappa shape index (κ2) is 9.38. The lowest BCUT2D eigenvalue weighted by Crippen LogP contribution is -2.26. The smallest absolute Gasteiger partial charge is 0.240 e. The molecular weight excluding hydrogens is 424 g/mol. The summed E-state index contributed by atoms with van der Waals surface area (Å²) in [5.74, 6) is 1.29. The summed E-state index contributed by atoms with van der Waals surface area (Å²) in [6, 6.07) is 14.1. The molecule has 0 unspecified atom stereocenters. The van der Waals surface area contributed by atoms with Crippen LogP contribution in [0.5, 0.6) is 0 Å². The van der Waals surface area contributed by atoms with Gasteiger partial charge < -0.3 is 5.32 Å². The first-order valence-corrected chi connectivity index (χ1v) is 11.0. The fourth-order valence-electron chi connectivity index (χ4n) is 2.05. The minimum absolute atomic E-state index is 0.178. The van der Waals surface area contributed by atoms with Gasteiger partial charge in [-0.15, -0.1) is 0 Å². The first-order chi connectivity index (χ1) is 11.9. The van der Waals surface area contributed by atoms with Crippen LogP contribution in [0.1, 0.15) is 12.5 Å². The molecule has 0 saturated heterocycles. The molecule has 0 aliphatic heterocycles. The summed E-state index contributed by atoms with van der Waals surface area (Å²) in [6.45, 7) is 1.75. The number of hydrogen-bond donors (Lipinski definition) is 2. The second-order valence-electron chi connectivity index (χ2n) is 5.25. The van der Waals surface area contributed by atoms with Crippen LogP contribution in [0.15, 0.2) is 57.9 Å². The molecule has 2 aromatic rings. The predicted molar refractivity (Wildman–Crippen MR) is 106 cm³/mol. The van der Waals surface area contributed by atoms with Crippen LogP contribution in [0.4, 0.5) is 5.69 Å². The molecule has 0 spiro atoms. The molecule has 0 heterocycles. The molecule has 2 aromatic carbocycles. The van der Waals surface area contributed by atoms with Gasteiger partial charge in [0.2, 0.25) is 15.9 Å². The zero-order valence-electron chi connectivity index (χ0n) is 13.7. The Hall–Kier alpha value is -1.35. The van der Waals surface area contributed by atoms with Crippen molar-refractivity contribution < 1.29 is 13.2 Å². The maximum Gasteiger partial charge on any atom is 0.240 e. The van der Waals surface area contributed by atoms with E-state index in [2.05, 4.69) is 26.0 Å². The highest BCUT2D eigenvalue weighted by Crippen LogP contribution is 2.21. The van der Waals surface area contributed by atoms with E-state index < -0.39 is 10.0 Å². The van der Waals surface area contributed by atoms with Gasteiger partial charge in [0.05, 0.1) is 4.90 Å². The van der Waals surface area contributed by atoms with Crippen molar-refractivity contribution in [3.8, 4) is 0 Å². The molecule has 0 fully saturated rings. The highest BCUT2D eigenvalue weighted by Gasteiger charge is 2.13. The molecule has 0 saturated carbocycles. The standard InChI is InChI=1S/C17H19BrN2O3S2/c1-13(21)20-15-6-8-16(9-7-15)25(22,23)19-10-11-24-12-14-4-2-3-5-17(14)18/h2-9,19H,10-12H2,1H3,(H,20,21). The van der Waals surface area contributed by atoms with E-state index in [1.807, 2.05) is 24.3 Å². The van der Waals surface area contributed by atoms with E-state index in [9.17, 15) is 13.2 Å². The van der Waals surface area contributed by atoms with E-state index in [1.165, 1.54) is 24.6 Å². The lowest BCUT2D eigenvalue weighted by molar-refractivity contribution is -0.114. The van der Waals surface area contributed by atoms with Crippen molar-refractivity contribution in [2.75, 3.05) is 17.6 Å². The van der Waals surface area contributed by atoms with Crippen LogP contribution in [0, 0.1) is 0 Å². The van der Waals surface area contributed by atoms with Crippen LogP contribution >= 0.6 is 27.7 Å². The van der Waals surface area contributed by atoms with E-state index >= 15 is 0 Å². The van der Waals surface area contributed by atoms with Gasteiger partial charge in [-0.25, -0.2) is 13.1 Å². The van der Waals surface area contributed by atoms with Gasteiger partial charge in [0.15, 0.2) is 0 Å². The van der Waals surface area contributed by atoms with Crippen LogP contribution in [-0.4, -0.2) is 26.6 Å². The number of carbonyl (C=O) groups is 1. The Morgan fingerprint density at radius 2 is 1.80 bits per heavy atom. The second-order valence-corrected chi connectivity index (χ2v) is 8.97. The minimum Gasteiger partial charge on any atom is -0.326 e. The number of sulfonamides is 1. The molecule has 0 radical (unpaired) electrons. The van der Waals surface area contributed by atoms with E-state index in [1.54, 1.807) is 23.9 Å². The van der Waals surface area contributed by atoms with Gasteiger partial charge in [-0.2, -0.15) is 11.8 Å². The molecule has 0 aliphatic rings. The number of benzene rings is 2. The average molecular weight is 443 g/mol. The number of thioether (sulfide) groups is 1. The molecule has 2 rings (SSSR count). The molecule has 0 bridgehead atoms. The monoisotopic (exact) mass is 442 g/mol. The zero-order valence-corrected chi connectivity index (χ0v) is 16.9. The Kier molecular flexibility index (Phi) is 7.49. The molecule has 0 aromatic heterocycles. The third kappa shape index (κ3) is 6.47. The maximum atomic E-state index is 12.2. The van der Waals surface area contributed by atoms with Gasteiger partial charge in [-0.3, -0.25) is 4.79 Å². The molecule has 25 heavy (non-hydrogen) atoms. The molecule has 5 nitrogen and oxygen atoms in total. The lowest BCUT2D eigenvalue weighted by atomic mass is 10.2. The van der Waals surface area contributed by atoms with Gasteiger partial charge in [-0.05, 0) is 35.9 Å². The van der Waals surface area contributed by atoms with Gasteiger partial charge >= 0.3 is 0 Å². The summed E-state index contributed by atoms with van der Waals surface area (Å²) in [7, 11) is -3.54. The molecule has 8 heteroatoms. The Morgan fingerprint density at radius 1 is 1.12 bits per heavy atom. The highest BCUT2D eigenvalue weighted by molar-refractivity contribution is 9.10.